The average molecular weight is 419 g/mol. The summed E-state index contributed by atoms with van der Waals surface area (Å²) in [6.07, 6.45) is 2.86. The number of ether oxygens (including phenoxy) is 2. The van der Waals surface area contributed by atoms with Crippen molar-refractivity contribution in [2.75, 3.05) is 43.2 Å². The molecule has 0 radical (unpaired) electrons. The number of nitrogens with one attached hydrogen (secondary N) is 3. The highest BCUT2D eigenvalue weighted by Crippen LogP contribution is 2.25. The number of nitrogens with two attached hydrogens (primary N) is 1. The number of nitrogen functional groups attached to an aromatic ring is 1. The minimum absolute atomic E-state index is 0.151. The standard InChI is InChI=1S/C22H25N7O2/c1-30-18-8-4-5-9-19(18)31-13-12-25-22-28-20(23)27-21(29-22)24-11-10-15-14-26-17-7-3-2-6-16(15)17/h2-9,14,26H,10-13H2,1H3,(H4,23,24,25,27,28,29). The monoisotopic (exact) mass is 419 g/mol. The summed E-state index contributed by atoms with van der Waals surface area (Å²) in [5, 5.41) is 7.54. The minimum atomic E-state index is 0.151. The van der Waals surface area contributed by atoms with Crippen molar-refractivity contribution in [1.29, 1.82) is 0 Å². The Morgan fingerprint density at radius 1 is 0.903 bits per heavy atom. The van der Waals surface area contributed by atoms with Gasteiger partial charge in [-0.15, -0.1) is 0 Å². The molecule has 2 aromatic carbocycles. The largest absolute Gasteiger partial charge is 0.493 e. The number of para-hydroxylation sites is 3. The third kappa shape index (κ3) is 5.13. The molecule has 0 saturated heterocycles. The molecule has 0 aliphatic rings. The topological polar surface area (TPSA) is 123 Å². The van der Waals surface area contributed by atoms with Crippen LogP contribution in [0.4, 0.5) is 17.8 Å². The smallest absolute Gasteiger partial charge is 0.229 e. The van der Waals surface area contributed by atoms with Gasteiger partial charge in [0.2, 0.25) is 17.8 Å². The second-order valence-corrected chi connectivity index (χ2v) is 6.80. The predicted molar refractivity (Wildman–Crippen MR) is 122 cm³/mol. The van der Waals surface area contributed by atoms with Gasteiger partial charge < -0.3 is 30.8 Å². The van der Waals surface area contributed by atoms with E-state index >= 15 is 0 Å². The van der Waals surface area contributed by atoms with Crippen LogP contribution in [0.3, 0.4) is 0 Å². The molecule has 5 N–H and O–H groups in total. The van der Waals surface area contributed by atoms with Crippen LogP contribution in [0.2, 0.25) is 0 Å². The lowest BCUT2D eigenvalue weighted by atomic mass is 10.1. The molecule has 9 nitrogen and oxygen atoms in total. The molecule has 0 amide bonds. The van der Waals surface area contributed by atoms with Gasteiger partial charge in [-0.05, 0) is 30.2 Å². The SMILES string of the molecule is COc1ccccc1OCCNc1nc(N)nc(NCCc2c[nH]c3ccccc23)n1. The minimum Gasteiger partial charge on any atom is -0.493 e. The fraction of sp³-hybridized carbons (Fsp3) is 0.227. The molecule has 0 atom stereocenters. The zero-order chi connectivity index (χ0) is 21.5. The van der Waals surface area contributed by atoms with Crippen LogP contribution in [0.5, 0.6) is 11.5 Å². The van der Waals surface area contributed by atoms with Gasteiger partial charge >= 0.3 is 0 Å². The summed E-state index contributed by atoms with van der Waals surface area (Å²) >= 11 is 0. The Kier molecular flexibility index (Phi) is 6.32. The molecule has 0 aliphatic heterocycles. The number of rotatable bonds is 10. The summed E-state index contributed by atoms with van der Waals surface area (Å²) in [7, 11) is 1.61. The van der Waals surface area contributed by atoms with Crippen molar-refractivity contribution in [2.45, 2.75) is 6.42 Å². The van der Waals surface area contributed by atoms with Crippen molar-refractivity contribution in [3.8, 4) is 11.5 Å². The molecule has 0 aliphatic carbocycles. The molecule has 0 bridgehead atoms. The molecule has 160 valence electrons. The van der Waals surface area contributed by atoms with E-state index in [1.165, 1.54) is 10.9 Å². The highest BCUT2D eigenvalue weighted by molar-refractivity contribution is 5.83. The van der Waals surface area contributed by atoms with Crippen molar-refractivity contribution in [1.82, 2.24) is 19.9 Å². The van der Waals surface area contributed by atoms with E-state index in [1.54, 1.807) is 7.11 Å². The van der Waals surface area contributed by atoms with Crippen molar-refractivity contribution < 1.29 is 9.47 Å². The summed E-state index contributed by atoms with van der Waals surface area (Å²) in [6.45, 7) is 1.58. The third-order valence-corrected chi connectivity index (χ3v) is 4.72. The number of methoxy groups -OCH3 is 1. The molecule has 31 heavy (non-hydrogen) atoms. The highest BCUT2D eigenvalue weighted by atomic mass is 16.5. The lowest BCUT2D eigenvalue weighted by Gasteiger charge is -2.11. The van der Waals surface area contributed by atoms with Crippen LogP contribution < -0.4 is 25.8 Å². The van der Waals surface area contributed by atoms with Gasteiger partial charge in [-0.3, -0.25) is 0 Å². The first-order valence-electron chi connectivity index (χ1n) is 10.0. The molecule has 2 heterocycles. The first-order valence-corrected chi connectivity index (χ1v) is 10.0. The number of aromatic amines is 1. The molecular weight excluding hydrogens is 394 g/mol. The maximum atomic E-state index is 5.84. The van der Waals surface area contributed by atoms with Crippen LogP contribution in [-0.2, 0) is 6.42 Å². The molecule has 0 spiro atoms. The fourth-order valence-corrected chi connectivity index (χ4v) is 3.26. The van der Waals surface area contributed by atoms with Gasteiger partial charge in [0.15, 0.2) is 11.5 Å². The number of benzene rings is 2. The van der Waals surface area contributed by atoms with Crippen molar-refractivity contribution in [3.05, 3.63) is 60.3 Å². The van der Waals surface area contributed by atoms with Gasteiger partial charge in [0.1, 0.15) is 6.61 Å². The van der Waals surface area contributed by atoms with Gasteiger partial charge in [-0.1, -0.05) is 30.3 Å². The molecule has 4 aromatic rings. The number of fused-ring (bicyclic) bond motifs is 1. The zero-order valence-electron chi connectivity index (χ0n) is 17.3. The van der Waals surface area contributed by atoms with Gasteiger partial charge in [-0.2, -0.15) is 15.0 Å². The van der Waals surface area contributed by atoms with Crippen molar-refractivity contribution >= 4 is 28.7 Å². The Balaban J connectivity index is 1.28. The summed E-state index contributed by atoms with van der Waals surface area (Å²) in [5.74, 6) is 2.35. The van der Waals surface area contributed by atoms with Crippen LogP contribution in [0.1, 0.15) is 5.56 Å². The maximum absolute atomic E-state index is 5.84. The normalized spacial score (nSPS) is 10.7. The van der Waals surface area contributed by atoms with Gasteiger partial charge in [-0.25, -0.2) is 0 Å². The second-order valence-electron chi connectivity index (χ2n) is 6.80. The van der Waals surface area contributed by atoms with Crippen molar-refractivity contribution in [2.24, 2.45) is 0 Å². The number of hydrogen-bond donors (Lipinski definition) is 4. The Labute approximate surface area is 180 Å². The van der Waals surface area contributed by atoms with E-state index in [0.29, 0.717) is 43.1 Å². The third-order valence-electron chi connectivity index (χ3n) is 4.72. The van der Waals surface area contributed by atoms with Crippen LogP contribution in [0.25, 0.3) is 10.9 Å². The molecular formula is C22H25N7O2. The van der Waals surface area contributed by atoms with E-state index in [-0.39, 0.29) is 5.95 Å². The van der Waals surface area contributed by atoms with E-state index in [4.69, 9.17) is 15.2 Å². The summed E-state index contributed by atoms with van der Waals surface area (Å²) in [4.78, 5) is 16.0. The molecule has 2 aromatic heterocycles. The number of hydrogen-bond acceptors (Lipinski definition) is 8. The number of anilines is 3. The van der Waals surface area contributed by atoms with E-state index in [0.717, 1.165) is 11.9 Å². The predicted octanol–water partition coefficient (Wildman–Crippen LogP) is 3.09. The summed E-state index contributed by atoms with van der Waals surface area (Å²) < 4.78 is 11.0. The number of H-pyrrole nitrogens is 1. The van der Waals surface area contributed by atoms with E-state index in [1.807, 2.05) is 42.6 Å². The van der Waals surface area contributed by atoms with E-state index < -0.39 is 0 Å². The summed E-state index contributed by atoms with van der Waals surface area (Å²) in [6, 6.07) is 15.7. The first kappa shape index (κ1) is 20.3. The highest BCUT2D eigenvalue weighted by Gasteiger charge is 2.07. The van der Waals surface area contributed by atoms with Gasteiger partial charge in [0.25, 0.3) is 0 Å². The van der Waals surface area contributed by atoms with Crippen LogP contribution >= 0.6 is 0 Å². The van der Waals surface area contributed by atoms with Gasteiger partial charge in [0, 0.05) is 23.6 Å². The zero-order valence-corrected chi connectivity index (χ0v) is 17.3. The maximum Gasteiger partial charge on any atom is 0.229 e. The quantitative estimate of drug-likeness (QED) is 0.289. The summed E-state index contributed by atoms with van der Waals surface area (Å²) in [5.41, 5.74) is 8.20. The molecule has 0 saturated carbocycles. The Morgan fingerprint density at radius 2 is 1.61 bits per heavy atom. The molecule has 9 heteroatoms. The van der Waals surface area contributed by atoms with Crippen molar-refractivity contribution in [3.63, 3.8) is 0 Å². The van der Waals surface area contributed by atoms with E-state index in [2.05, 4.69) is 42.7 Å². The molecule has 4 rings (SSSR count). The Morgan fingerprint density at radius 3 is 2.42 bits per heavy atom. The van der Waals surface area contributed by atoms with Crippen LogP contribution in [0.15, 0.2) is 54.7 Å². The second kappa shape index (κ2) is 9.66. The Bertz CT molecular complexity index is 1150. The van der Waals surface area contributed by atoms with Crippen LogP contribution in [0, 0.1) is 0 Å². The number of aromatic nitrogens is 4. The average Bonchev–Trinajstić information content (AvgIpc) is 3.20. The lowest BCUT2D eigenvalue weighted by molar-refractivity contribution is 0.305. The van der Waals surface area contributed by atoms with Crippen LogP contribution in [-0.4, -0.2) is 46.7 Å². The fourth-order valence-electron chi connectivity index (χ4n) is 3.26. The molecule has 0 fully saturated rings. The lowest BCUT2D eigenvalue weighted by Crippen LogP contribution is -2.16. The Hall–Kier alpha value is -4.01. The van der Waals surface area contributed by atoms with Gasteiger partial charge in [0.05, 0.1) is 13.7 Å². The number of nitrogens with zero attached hydrogens (tertiary/aromatic N) is 3. The first-order chi connectivity index (χ1) is 15.2. The van der Waals surface area contributed by atoms with E-state index in [9.17, 15) is 0 Å². The molecule has 0 unspecified atom stereocenters.